The van der Waals surface area contributed by atoms with Crippen molar-refractivity contribution in [3.05, 3.63) is 66.7 Å². The molecular weight excluding hydrogens is 362 g/mol. The summed E-state index contributed by atoms with van der Waals surface area (Å²) < 4.78 is 5.77. The fourth-order valence-corrected chi connectivity index (χ4v) is 3.74. The van der Waals surface area contributed by atoms with Crippen LogP contribution in [-0.2, 0) is 4.79 Å². The minimum atomic E-state index is -0.165. The molecule has 1 saturated heterocycles. The molecule has 0 atom stereocenters. The molecule has 1 fully saturated rings. The second-order valence-electron chi connectivity index (χ2n) is 7.28. The number of nitrogens with zero attached hydrogens (tertiary/aromatic N) is 2. The maximum atomic E-state index is 12.3. The largest absolute Gasteiger partial charge is 0.483 e. The van der Waals surface area contributed by atoms with Crippen molar-refractivity contribution in [3.8, 4) is 5.75 Å². The Hall–Kier alpha value is -3.05. The Balaban J connectivity index is 1.32. The zero-order valence-electron chi connectivity index (χ0n) is 16.8. The van der Waals surface area contributed by atoms with Gasteiger partial charge in [0, 0.05) is 42.9 Å². The highest BCUT2D eigenvalue weighted by Gasteiger charge is 2.15. The van der Waals surface area contributed by atoms with Crippen molar-refractivity contribution in [2.75, 3.05) is 49.5 Å². The summed E-state index contributed by atoms with van der Waals surface area (Å²) in [5.74, 6) is 0.557. The van der Waals surface area contributed by atoms with E-state index in [9.17, 15) is 4.79 Å². The number of hydrogen-bond acceptors (Lipinski definition) is 4. The Kier molecular flexibility index (Phi) is 5.96. The van der Waals surface area contributed by atoms with Crippen LogP contribution in [0, 0.1) is 0 Å². The van der Waals surface area contributed by atoms with E-state index in [1.165, 1.54) is 5.69 Å². The van der Waals surface area contributed by atoms with E-state index in [1.54, 1.807) is 0 Å². The third-order valence-electron chi connectivity index (χ3n) is 5.44. The topological polar surface area (TPSA) is 44.8 Å². The lowest BCUT2D eigenvalue weighted by atomic mass is 10.1. The molecule has 5 heteroatoms. The summed E-state index contributed by atoms with van der Waals surface area (Å²) in [5, 5.41) is 5.02. The molecule has 5 nitrogen and oxygen atoms in total. The Morgan fingerprint density at radius 1 is 0.931 bits per heavy atom. The van der Waals surface area contributed by atoms with Crippen LogP contribution in [0.3, 0.4) is 0 Å². The summed E-state index contributed by atoms with van der Waals surface area (Å²) >= 11 is 0. The number of likely N-dealkylation sites (N-methyl/N-ethyl adjacent to an activating group) is 1. The van der Waals surface area contributed by atoms with Crippen LogP contribution in [0.1, 0.15) is 6.92 Å². The maximum absolute atomic E-state index is 12.3. The standard InChI is InChI=1S/C24H27N3O2/c1-2-26-14-16-27(17-15-26)21-12-10-20(11-13-21)25-24(28)18-29-23-9-5-7-19-6-3-4-8-22(19)23/h3-13H,2,14-18H2,1H3,(H,25,28). The first-order valence-electron chi connectivity index (χ1n) is 10.2. The van der Waals surface area contributed by atoms with Gasteiger partial charge in [0.2, 0.25) is 0 Å². The molecule has 0 saturated carbocycles. The lowest BCUT2D eigenvalue weighted by molar-refractivity contribution is -0.118. The van der Waals surface area contributed by atoms with Crippen molar-refractivity contribution in [3.63, 3.8) is 0 Å². The Morgan fingerprint density at radius 3 is 2.41 bits per heavy atom. The van der Waals surface area contributed by atoms with E-state index in [0.717, 1.165) is 54.9 Å². The van der Waals surface area contributed by atoms with E-state index in [0.29, 0.717) is 0 Å². The monoisotopic (exact) mass is 389 g/mol. The molecule has 0 radical (unpaired) electrons. The van der Waals surface area contributed by atoms with Gasteiger partial charge < -0.3 is 19.9 Å². The highest BCUT2D eigenvalue weighted by molar-refractivity contribution is 5.93. The van der Waals surface area contributed by atoms with E-state index in [4.69, 9.17) is 4.74 Å². The predicted molar refractivity (Wildman–Crippen MR) is 119 cm³/mol. The molecule has 1 amide bonds. The molecule has 0 aromatic heterocycles. The molecule has 29 heavy (non-hydrogen) atoms. The average molecular weight is 389 g/mol. The van der Waals surface area contributed by atoms with Crippen molar-refractivity contribution in [1.82, 2.24) is 4.90 Å². The minimum Gasteiger partial charge on any atom is -0.483 e. The van der Waals surface area contributed by atoms with Gasteiger partial charge in [-0.25, -0.2) is 0 Å². The van der Waals surface area contributed by atoms with Crippen LogP contribution < -0.4 is 15.0 Å². The van der Waals surface area contributed by atoms with Gasteiger partial charge in [-0.1, -0.05) is 43.3 Å². The molecule has 0 unspecified atom stereocenters. The zero-order chi connectivity index (χ0) is 20.1. The van der Waals surface area contributed by atoms with E-state index in [1.807, 2.05) is 54.6 Å². The van der Waals surface area contributed by atoms with Crippen LogP contribution in [0.15, 0.2) is 66.7 Å². The van der Waals surface area contributed by atoms with Crippen molar-refractivity contribution < 1.29 is 9.53 Å². The third-order valence-corrected chi connectivity index (χ3v) is 5.44. The number of ether oxygens (including phenoxy) is 1. The fraction of sp³-hybridized carbons (Fsp3) is 0.292. The molecule has 1 N–H and O–H groups in total. The van der Waals surface area contributed by atoms with E-state index in [-0.39, 0.29) is 12.5 Å². The Bertz CT molecular complexity index is 958. The van der Waals surface area contributed by atoms with Gasteiger partial charge in [-0.2, -0.15) is 0 Å². The number of benzene rings is 3. The van der Waals surface area contributed by atoms with E-state index < -0.39 is 0 Å². The molecule has 1 heterocycles. The second kappa shape index (κ2) is 8.97. The number of fused-ring (bicyclic) bond motifs is 1. The Labute approximate surface area is 171 Å². The second-order valence-corrected chi connectivity index (χ2v) is 7.28. The molecule has 150 valence electrons. The van der Waals surface area contributed by atoms with Crippen molar-refractivity contribution >= 4 is 28.1 Å². The van der Waals surface area contributed by atoms with E-state index >= 15 is 0 Å². The predicted octanol–water partition coefficient (Wildman–Crippen LogP) is 4.00. The lowest BCUT2D eigenvalue weighted by Gasteiger charge is -2.35. The number of carbonyl (C=O) groups excluding carboxylic acids is 1. The Morgan fingerprint density at radius 2 is 1.66 bits per heavy atom. The van der Waals surface area contributed by atoms with Gasteiger partial charge in [-0.3, -0.25) is 4.79 Å². The van der Waals surface area contributed by atoms with Gasteiger partial charge in [-0.15, -0.1) is 0 Å². The average Bonchev–Trinajstić information content (AvgIpc) is 2.78. The van der Waals surface area contributed by atoms with Crippen molar-refractivity contribution in [2.45, 2.75) is 6.92 Å². The molecule has 1 aliphatic heterocycles. The van der Waals surface area contributed by atoms with Crippen LogP contribution in [0.5, 0.6) is 5.75 Å². The summed E-state index contributed by atoms with van der Waals surface area (Å²) in [6.07, 6.45) is 0. The summed E-state index contributed by atoms with van der Waals surface area (Å²) in [4.78, 5) is 17.2. The van der Waals surface area contributed by atoms with Gasteiger partial charge in [0.15, 0.2) is 6.61 Å². The molecule has 0 aliphatic carbocycles. The first kappa shape index (κ1) is 19.3. The first-order valence-corrected chi connectivity index (χ1v) is 10.2. The minimum absolute atomic E-state index is 0.0191. The third kappa shape index (κ3) is 4.69. The lowest BCUT2D eigenvalue weighted by Crippen LogP contribution is -2.46. The van der Waals surface area contributed by atoms with Gasteiger partial charge in [0.1, 0.15) is 5.75 Å². The van der Waals surface area contributed by atoms with Crippen LogP contribution in [-0.4, -0.2) is 50.1 Å². The molecule has 3 aromatic rings. The SMILES string of the molecule is CCN1CCN(c2ccc(NC(=O)COc3cccc4ccccc34)cc2)CC1. The van der Waals surface area contributed by atoms with Gasteiger partial charge in [0.25, 0.3) is 5.91 Å². The summed E-state index contributed by atoms with van der Waals surface area (Å²) in [6.45, 7) is 7.57. The summed E-state index contributed by atoms with van der Waals surface area (Å²) in [7, 11) is 0. The molecule has 0 spiro atoms. The number of amides is 1. The van der Waals surface area contributed by atoms with Crippen LogP contribution in [0.4, 0.5) is 11.4 Å². The molecule has 4 rings (SSSR count). The highest BCUT2D eigenvalue weighted by Crippen LogP contribution is 2.25. The smallest absolute Gasteiger partial charge is 0.262 e. The normalized spacial score (nSPS) is 14.7. The highest BCUT2D eigenvalue weighted by atomic mass is 16.5. The number of carbonyl (C=O) groups is 1. The number of piperazine rings is 1. The quantitative estimate of drug-likeness (QED) is 0.692. The summed E-state index contributed by atoms with van der Waals surface area (Å²) in [6, 6.07) is 21.9. The van der Waals surface area contributed by atoms with Gasteiger partial charge in [-0.05, 0) is 42.3 Å². The van der Waals surface area contributed by atoms with Crippen LogP contribution >= 0.6 is 0 Å². The molecule has 0 bridgehead atoms. The van der Waals surface area contributed by atoms with Gasteiger partial charge >= 0.3 is 0 Å². The number of anilines is 2. The molecular formula is C24H27N3O2. The zero-order valence-corrected chi connectivity index (χ0v) is 16.8. The molecule has 1 aliphatic rings. The van der Waals surface area contributed by atoms with Crippen molar-refractivity contribution in [1.29, 1.82) is 0 Å². The maximum Gasteiger partial charge on any atom is 0.262 e. The van der Waals surface area contributed by atoms with Crippen molar-refractivity contribution in [2.24, 2.45) is 0 Å². The first-order chi connectivity index (χ1) is 14.2. The fourth-order valence-electron chi connectivity index (χ4n) is 3.74. The molecule has 3 aromatic carbocycles. The number of rotatable bonds is 6. The van der Waals surface area contributed by atoms with Crippen LogP contribution in [0.25, 0.3) is 10.8 Å². The van der Waals surface area contributed by atoms with Crippen LogP contribution in [0.2, 0.25) is 0 Å². The van der Waals surface area contributed by atoms with E-state index in [2.05, 4.69) is 34.2 Å². The van der Waals surface area contributed by atoms with Gasteiger partial charge in [0.05, 0.1) is 0 Å². The number of hydrogen-bond donors (Lipinski definition) is 1. The number of nitrogens with one attached hydrogen (secondary N) is 1. The summed E-state index contributed by atoms with van der Waals surface area (Å²) in [5.41, 5.74) is 1.98.